The van der Waals surface area contributed by atoms with E-state index in [4.69, 9.17) is 0 Å². The van der Waals surface area contributed by atoms with Crippen LogP contribution < -0.4 is 15.4 Å². The Morgan fingerprint density at radius 2 is 1.96 bits per heavy atom. The van der Waals surface area contributed by atoms with Crippen molar-refractivity contribution in [2.24, 2.45) is 0 Å². The third-order valence-corrected chi connectivity index (χ3v) is 3.57. The molecule has 1 aliphatic rings. The Labute approximate surface area is 139 Å². The van der Waals surface area contributed by atoms with Crippen molar-refractivity contribution in [2.45, 2.75) is 32.0 Å². The lowest BCUT2D eigenvalue weighted by molar-refractivity contribution is -0.274. The summed E-state index contributed by atoms with van der Waals surface area (Å²) in [5.74, 6) is -0.610. The van der Waals surface area contributed by atoms with Crippen molar-refractivity contribution < 1.29 is 22.7 Å². The SMILES string of the molecule is CCNC(=O)c1cc(OC(F)(F)F)cc(C2CCNCC2)c1.Cl. The maximum atomic E-state index is 12.5. The zero-order valence-electron chi connectivity index (χ0n) is 12.7. The second-order valence-corrected chi connectivity index (χ2v) is 5.22. The van der Waals surface area contributed by atoms with Gasteiger partial charge in [-0.1, -0.05) is 0 Å². The predicted octanol–water partition coefficient (Wildman–Crippen LogP) is 3.22. The molecule has 2 rings (SSSR count). The summed E-state index contributed by atoms with van der Waals surface area (Å²) in [5, 5.41) is 5.80. The zero-order valence-corrected chi connectivity index (χ0v) is 13.5. The second kappa shape index (κ2) is 8.40. The van der Waals surface area contributed by atoms with Gasteiger partial charge in [0, 0.05) is 12.1 Å². The summed E-state index contributed by atoms with van der Waals surface area (Å²) >= 11 is 0. The molecule has 2 N–H and O–H groups in total. The van der Waals surface area contributed by atoms with Crippen LogP contribution in [0.15, 0.2) is 18.2 Å². The molecule has 0 saturated carbocycles. The quantitative estimate of drug-likeness (QED) is 0.874. The van der Waals surface area contributed by atoms with Crippen molar-refractivity contribution in [3.8, 4) is 5.75 Å². The van der Waals surface area contributed by atoms with Gasteiger partial charge in [-0.15, -0.1) is 25.6 Å². The molecule has 23 heavy (non-hydrogen) atoms. The Kier molecular flexibility index (Phi) is 7.15. The molecular weight excluding hydrogens is 333 g/mol. The minimum atomic E-state index is -4.77. The monoisotopic (exact) mass is 352 g/mol. The molecule has 130 valence electrons. The lowest BCUT2D eigenvalue weighted by Crippen LogP contribution is -2.27. The van der Waals surface area contributed by atoms with Crippen LogP contribution in [-0.4, -0.2) is 31.9 Å². The van der Waals surface area contributed by atoms with Gasteiger partial charge >= 0.3 is 6.36 Å². The fourth-order valence-corrected chi connectivity index (χ4v) is 2.60. The van der Waals surface area contributed by atoms with Gasteiger partial charge in [0.2, 0.25) is 0 Å². The van der Waals surface area contributed by atoms with Gasteiger partial charge in [0.05, 0.1) is 0 Å². The summed E-state index contributed by atoms with van der Waals surface area (Å²) in [7, 11) is 0. The van der Waals surface area contributed by atoms with Gasteiger partial charge < -0.3 is 15.4 Å². The highest BCUT2D eigenvalue weighted by Crippen LogP contribution is 2.31. The summed E-state index contributed by atoms with van der Waals surface area (Å²) < 4.78 is 41.4. The highest BCUT2D eigenvalue weighted by Gasteiger charge is 2.32. The highest BCUT2D eigenvalue weighted by atomic mass is 35.5. The number of amides is 1. The van der Waals surface area contributed by atoms with Crippen molar-refractivity contribution in [3.05, 3.63) is 29.3 Å². The third-order valence-electron chi connectivity index (χ3n) is 3.57. The highest BCUT2D eigenvalue weighted by molar-refractivity contribution is 5.94. The van der Waals surface area contributed by atoms with Crippen LogP contribution in [-0.2, 0) is 0 Å². The first kappa shape index (κ1) is 19.6. The third kappa shape index (κ3) is 5.91. The van der Waals surface area contributed by atoms with Gasteiger partial charge in [0.1, 0.15) is 5.75 Å². The molecule has 0 bridgehead atoms. The van der Waals surface area contributed by atoms with E-state index in [9.17, 15) is 18.0 Å². The van der Waals surface area contributed by atoms with Gasteiger partial charge in [-0.2, -0.15) is 0 Å². The van der Waals surface area contributed by atoms with E-state index in [0.29, 0.717) is 12.1 Å². The fourth-order valence-electron chi connectivity index (χ4n) is 2.60. The van der Waals surface area contributed by atoms with Gasteiger partial charge in [0.15, 0.2) is 0 Å². The molecular formula is C15H20ClF3N2O2. The van der Waals surface area contributed by atoms with Crippen LogP contribution in [0, 0.1) is 0 Å². The van der Waals surface area contributed by atoms with E-state index >= 15 is 0 Å². The number of piperidine rings is 1. The Balaban J connectivity index is 0.00000264. The molecule has 1 heterocycles. The van der Waals surface area contributed by atoms with E-state index in [1.807, 2.05) is 0 Å². The lowest BCUT2D eigenvalue weighted by atomic mass is 9.89. The summed E-state index contributed by atoms with van der Waals surface area (Å²) in [6, 6.07) is 4.17. The van der Waals surface area contributed by atoms with Crippen LogP contribution in [0.2, 0.25) is 0 Å². The normalized spacial score (nSPS) is 15.7. The largest absolute Gasteiger partial charge is 0.573 e. The van der Waals surface area contributed by atoms with Gasteiger partial charge in [-0.3, -0.25) is 4.79 Å². The summed E-state index contributed by atoms with van der Waals surface area (Å²) in [6.07, 6.45) is -3.13. The minimum Gasteiger partial charge on any atom is -0.406 e. The average Bonchev–Trinajstić information content (AvgIpc) is 2.46. The van der Waals surface area contributed by atoms with Gasteiger partial charge in [-0.05, 0) is 62.5 Å². The topological polar surface area (TPSA) is 50.4 Å². The van der Waals surface area contributed by atoms with Crippen LogP contribution in [0.4, 0.5) is 13.2 Å². The summed E-state index contributed by atoms with van der Waals surface area (Å²) in [4.78, 5) is 11.9. The molecule has 4 nitrogen and oxygen atoms in total. The van der Waals surface area contributed by atoms with E-state index in [1.54, 1.807) is 13.0 Å². The molecule has 1 fully saturated rings. The molecule has 1 amide bonds. The Morgan fingerprint density at radius 1 is 1.30 bits per heavy atom. The second-order valence-electron chi connectivity index (χ2n) is 5.22. The number of rotatable bonds is 4. The van der Waals surface area contributed by atoms with Crippen LogP contribution in [0.1, 0.15) is 41.6 Å². The zero-order chi connectivity index (χ0) is 16.2. The number of ether oxygens (including phenoxy) is 1. The standard InChI is InChI=1S/C15H19F3N2O2.ClH/c1-2-20-14(21)12-7-11(10-3-5-19-6-4-10)8-13(9-12)22-15(16,17)18;/h7-10,19H,2-6H2,1H3,(H,20,21);1H. The summed E-state index contributed by atoms with van der Waals surface area (Å²) in [6.45, 7) is 3.78. The maximum Gasteiger partial charge on any atom is 0.573 e. The van der Waals surface area contributed by atoms with Gasteiger partial charge in [-0.25, -0.2) is 0 Å². The number of hydrogen-bond donors (Lipinski definition) is 2. The molecule has 1 saturated heterocycles. The molecule has 0 aromatic heterocycles. The van der Waals surface area contributed by atoms with Crippen LogP contribution in [0.3, 0.4) is 0 Å². The first-order valence-electron chi connectivity index (χ1n) is 7.28. The maximum absolute atomic E-state index is 12.5. The molecule has 0 aliphatic carbocycles. The first-order valence-corrected chi connectivity index (χ1v) is 7.28. The molecule has 8 heteroatoms. The average molecular weight is 353 g/mol. The Bertz CT molecular complexity index is 532. The van der Waals surface area contributed by atoms with Crippen LogP contribution in [0.25, 0.3) is 0 Å². The number of halogens is 4. The first-order chi connectivity index (χ1) is 10.4. The Morgan fingerprint density at radius 3 is 2.52 bits per heavy atom. The number of carbonyl (C=O) groups excluding carboxylic acids is 1. The predicted molar refractivity (Wildman–Crippen MR) is 83.2 cm³/mol. The number of carbonyl (C=O) groups is 1. The minimum absolute atomic E-state index is 0. The van der Waals surface area contributed by atoms with Crippen molar-refractivity contribution in [1.29, 1.82) is 0 Å². The number of nitrogens with one attached hydrogen (secondary N) is 2. The van der Waals surface area contributed by atoms with Crippen molar-refractivity contribution in [1.82, 2.24) is 10.6 Å². The fraction of sp³-hybridized carbons (Fsp3) is 0.533. The Hall–Kier alpha value is -1.47. The lowest BCUT2D eigenvalue weighted by Gasteiger charge is -2.24. The van der Waals surface area contributed by atoms with E-state index in [0.717, 1.165) is 32.0 Å². The van der Waals surface area contributed by atoms with E-state index in [2.05, 4.69) is 15.4 Å². The molecule has 0 unspecified atom stereocenters. The van der Waals surface area contributed by atoms with Crippen LogP contribution >= 0.6 is 12.4 Å². The molecule has 1 aliphatic heterocycles. The number of hydrogen-bond acceptors (Lipinski definition) is 3. The molecule has 0 atom stereocenters. The van der Waals surface area contributed by atoms with Crippen LogP contribution in [0.5, 0.6) is 5.75 Å². The smallest absolute Gasteiger partial charge is 0.406 e. The van der Waals surface area contributed by atoms with E-state index in [1.165, 1.54) is 6.07 Å². The summed E-state index contributed by atoms with van der Waals surface area (Å²) in [5.41, 5.74) is 0.904. The molecule has 0 radical (unpaired) electrons. The molecule has 0 spiro atoms. The van der Waals surface area contributed by atoms with E-state index < -0.39 is 12.3 Å². The van der Waals surface area contributed by atoms with Crippen molar-refractivity contribution in [3.63, 3.8) is 0 Å². The van der Waals surface area contributed by atoms with Crippen molar-refractivity contribution >= 4 is 18.3 Å². The van der Waals surface area contributed by atoms with E-state index in [-0.39, 0.29) is 29.6 Å². The number of benzene rings is 1. The van der Waals surface area contributed by atoms with Crippen molar-refractivity contribution in [2.75, 3.05) is 19.6 Å². The number of alkyl halides is 3. The molecule has 1 aromatic rings. The molecule has 1 aromatic carbocycles. The van der Waals surface area contributed by atoms with Gasteiger partial charge in [0.25, 0.3) is 5.91 Å².